The van der Waals surface area contributed by atoms with Gasteiger partial charge in [-0.3, -0.25) is 4.40 Å². The van der Waals surface area contributed by atoms with Gasteiger partial charge < -0.3 is 5.43 Å². The Kier molecular flexibility index (Phi) is 3.44. The highest BCUT2D eigenvalue weighted by Gasteiger charge is 2.31. The van der Waals surface area contributed by atoms with Crippen LogP contribution in [0.15, 0.2) is 16.6 Å². The Labute approximate surface area is 121 Å². The quantitative estimate of drug-likeness (QED) is 0.567. The summed E-state index contributed by atoms with van der Waals surface area (Å²) in [6.07, 6.45) is 5.00. The summed E-state index contributed by atoms with van der Waals surface area (Å²) < 4.78 is 29.4. The van der Waals surface area contributed by atoms with Crippen molar-refractivity contribution in [3.63, 3.8) is 0 Å². The Morgan fingerprint density at radius 3 is 2.90 bits per heavy atom. The molecule has 1 unspecified atom stereocenters. The lowest BCUT2D eigenvalue weighted by molar-refractivity contribution is 0.260. The largest absolute Gasteiger partial charge is 0.306 e. The Morgan fingerprint density at radius 1 is 1.55 bits per heavy atom. The van der Waals surface area contributed by atoms with Gasteiger partial charge in [0.05, 0.1) is 0 Å². The summed E-state index contributed by atoms with van der Waals surface area (Å²) in [5, 5.41) is 1.86. The minimum atomic E-state index is -3.66. The monoisotopic (exact) mass is 315 g/mol. The lowest BCUT2D eigenvalue weighted by Gasteiger charge is -2.31. The number of thiazole rings is 1. The van der Waals surface area contributed by atoms with Crippen molar-refractivity contribution in [2.24, 2.45) is 11.8 Å². The van der Waals surface area contributed by atoms with Crippen LogP contribution in [0.25, 0.3) is 4.96 Å². The van der Waals surface area contributed by atoms with E-state index in [1.807, 2.05) is 6.92 Å². The number of fused-ring (bicyclic) bond motifs is 1. The first-order chi connectivity index (χ1) is 9.53. The van der Waals surface area contributed by atoms with Gasteiger partial charge in [0.1, 0.15) is 0 Å². The first-order valence-corrected chi connectivity index (χ1v) is 8.83. The van der Waals surface area contributed by atoms with E-state index >= 15 is 0 Å². The topological polar surface area (TPSA) is 102 Å². The molecule has 3 rings (SSSR count). The van der Waals surface area contributed by atoms with E-state index in [9.17, 15) is 8.42 Å². The second-order valence-corrected chi connectivity index (χ2v) is 7.57. The maximum Gasteiger partial charge on any atom is 0.260 e. The summed E-state index contributed by atoms with van der Waals surface area (Å²) in [6, 6.07) is -0.0800. The molecule has 0 bridgehead atoms. The van der Waals surface area contributed by atoms with Crippen LogP contribution in [0.5, 0.6) is 0 Å². The molecule has 20 heavy (non-hydrogen) atoms. The van der Waals surface area contributed by atoms with Crippen LogP contribution in [-0.4, -0.2) is 23.8 Å². The van der Waals surface area contributed by atoms with Crippen molar-refractivity contribution in [1.82, 2.24) is 14.1 Å². The normalized spacial score (nSPS) is 18.1. The Bertz CT molecular complexity index is 716. The Balaban J connectivity index is 1.97. The molecular formula is C11H17N5O2S2. The first kappa shape index (κ1) is 13.8. The predicted molar refractivity (Wildman–Crippen MR) is 78.0 cm³/mol. The van der Waals surface area contributed by atoms with E-state index in [4.69, 9.17) is 5.84 Å². The number of hydrazine groups is 1. The van der Waals surface area contributed by atoms with Gasteiger partial charge in [0.2, 0.25) is 5.03 Å². The van der Waals surface area contributed by atoms with Gasteiger partial charge in [-0.15, -0.1) is 11.3 Å². The van der Waals surface area contributed by atoms with E-state index in [2.05, 4.69) is 15.1 Å². The number of aromatic nitrogens is 2. The Hall–Kier alpha value is -1.16. The van der Waals surface area contributed by atoms with Crippen LogP contribution in [0.1, 0.15) is 26.2 Å². The zero-order valence-corrected chi connectivity index (χ0v) is 12.7. The molecule has 2 aromatic rings. The number of nitrogen functional groups attached to an aromatic ring is 1. The molecule has 4 N–H and O–H groups in total. The van der Waals surface area contributed by atoms with E-state index in [1.165, 1.54) is 22.2 Å². The molecule has 7 nitrogen and oxygen atoms in total. The van der Waals surface area contributed by atoms with Crippen molar-refractivity contribution in [1.29, 1.82) is 0 Å². The highest BCUT2D eigenvalue weighted by atomic mass is 32.2. The molecule has 1 fully saturated rings. The standard InChI is InChI=1S/C11H17N5O2S2/c1-7(8-3-2-4-8)15-20(17,18)10-9(14-12)13-11-16(10)5-6-19-11/h5-8,14-15H,2-4,12H2,1H3. The molecule has 0 spiro atoms. The molecule has 0 amide bonds. The van der Waals surface area contributed by atoms with E-state index in [-0.39, 0.29) is 16.9 Å². The SMILES string of the molecule is CC(NS(=O)(=O)c1c(NN)nc2sccn12)C1CCC1. The lowest BCUT2D eigenvalue weighted by Crippen LogP contribution is -2.41. The number of imidazole rings is 1. The maximum absolute atomic E-state index is 12.6. The van der Waals surface area contributed by atoms with Gasteiger partial charge in [0, 0.05) is 17.6 Å². The fourth-order valence-electron chi connectivity index (χ4n) is 2.45. The lowest BCUT2D eigenvalue weighted by atomic mass is 9.81. The van der Waals surface area contributed by atoms with Crippen LogP contribution in [-0.2, 0) is 10.0 Å². The minimum Gasteiger partial charge on any atom is -0.306 e. The fourth-order valence-corrected chi connectivity index (χ4v) is 4.78. The van der Waals surface area contributed by atoms with Gasteiger partial charge in [-0.2, -0.15) is 4.98 Å². The van der Waals surface area contributed by atoms with E-state index in [1.54, 1.807) is 11.6 Å². The van der Waals surface area contributed by atoms with Crippen LogP contribution in [0.4, 0.5) is 5.82 Å². The number of nitrogens with one attached hydrogen (secondary N) is 2. The van der Waals surface area contributed by atoms with Crippen molar-refractivity contribution in [2.45, 2.75) is 37.3 Å². The molecule has 0 saturated heterocycles. The summed E-state index contributed by atoms with van der Waals surface area (Å²) in [5.74, 6) is 5.98. The number of sulfonamides is 1. The van der Waals surface area contributed by atoms with Gasteiger partial charge in [0.25, 0.3) is 10.0 Å². The van der Waals surface area contributed by atoms with Crippen molar-refractivity contribution in [3.05, 3.63) is 11.6 Å². The fraction of sp³-hybridized carbons (Fsp3) is 0.545. The highest BCUT2D eigenvalue weighted by Crippen LogP contribution is 2.31. The van der Waals surface area contributed by atoms with Crippen molar-refractivity contribution in [2.75, 3.05) is 5.43 Å². The van der Waals surface area contributed by atoms with Gasteiger partial charge in [-0.25, -0.2) is 19.0 Å². The first-order valence-electron chi connectivity index (χ1n) is 6.47. The van der Waals surface area contributed by atoms with Gasteiger partial charge >= 0.3 is 0 Å². The zero-order chi connectivity index (χ0) is 14.3. The number of rotatable bonds is 5. The van der Waals surface area contributed by atoms with Crippen molar-refractivity contribution in [3.8, 4) is 0 Å². The molecule has 1 aliphatic carbocycles. The van der Waals surface area contributed by atoms with Gasteiger partial charge in [-0.1, -0.05) is 6.42 Å². The Morgan fingerprint density at radius 2 is 2.30 bits per heavy atom. The van der Waals surface area contributed by atoms with Crippen molar-refractivity contribution < 1.29 is 8.42 Å². The molecule has 0 aromatic carbocycles. The molecule has 9 heteroatoms. The third kappa shape index (κ3) is 2.20. The summed E-state index contributed by atoms with van der Waals surface area (Å²) in [5.41, 5.74) is 2.36. The number of nitrogens with two attached hydrogens (primary N) is 1. The van der Waals surface area contributed by atoms with Crippen LogP contribution >= 0.6 is 11.3 Å². The minimum absolute atomic E-state index is 0.0717. The second kappa shape index (κ2) is 4.99. The van der Waals surface area contributed by atoms with E-state index in [0.717, 1.165) is 12.8 Å². The van der Waals surface area contributed by atoms with Gasteiger partial charge in [0.15, 0.2) is 10.8 Å². The summed E-state index contributed by atoms with van der Waals surface area (Å²) in [4.78, 5) is 4.76. The van der Waals surface area contributed by atoms with Crippen LogP contribution in [0.2, 0.25) is 0 Å². The molecular weight excluding hydrogens is 298 g/mol. The zero-order valence-electron chi connectivity index (χ0n) is 11.0. The summed E-state index contributed by atoms with van der Waals surface area (Å²) in [6.45, 7) is 1.91. The highest BCUT2D eigenvalue weighted by molar-refractivity contribution is 7.89. The second-order valence-electron chi connectivity index (χ2n) is 5.07. The molecule has 2 aromatic heterocycles. The number of hydrogen-bond acceptors (Lipinski definition) is 6. The molecule has 2 heterocycles. The maximum atomic E-state index is 12.6. The molecule has 0 aliphatic heterocycles. The predicted octanol–water partition coefficient (Wildman–Crippen LogP) is 1.15. The third-order valence-corrected chi connectivity index (χ3v) is 6.15. The average Bonchev–Trinajstić information content (AvgIpc) is 2.83. The third-order valence-electron chi connectivity index (χ3n) is 3.81. The van der Waals surface area contributed by atoms with Crippen LogP contribution < -0.4 is 16.0 Å². The van der Waals surface area contributed by atoms with Crippen molar-refractivity contribution >= 4 is 32.1 Å². The average molecular weight is 315 g/mol. The number of hydrogen-bond donors (Lipinski definition) is 3. The molecule has 1 atom stereocenters. The van der Waals surface area contributed by atoms with E-state index < -0.39 is 10.0 Å². The summed E-state index contributed by atoms with van der Waals surface area (Å²) in [7, 11) is -3.66. The molecule has 1 aliphatic rings. The number of nitrogens with zero attached hydrogens (tertiary/aromatic N) is 2. The molecule has 1 saturated carbocycles. The van der Waals surface area contributed by atoms with Crippen LogP contribution in [0, 0.1) is 5.92 Å². The van der Waals surface area contributed by atoms with Crippen LogP contribution in [0.3, 0.4) is 0 Å². The summed E-state index contributed by atoms with van der Waals surface area (Å²) >= 11 is 1.36. The van der Waals surface area contributed by atoms with Gasteiger partial charge in [-0.05, 0) is 25.7 Å². The van der Waals surface area contributed by atoms with E-state index in [0.29, 0.717) is 10.9 Å². The smallest absolute Gasteiger partial charge is 0.260 e. The molecule has 0 radical (unpaired) electrons. The number of anilines is 1. The molecule has 110 valence electrons.